The van der Waals surface area contributed by atoms with Gasteiger partial charge in [-0.15, -0.1) is 0 Å². The lowest BCUT2D eigenvalue weighted by Gasteiger charge is -2.20. The monoisotopic (exact) mass is 562 g/mol. The van der Waals surface area contributed by atoms with Crippen molar-refractivity contribution in [3.63, 3.8) is 0 Å². The topological polar surface area (TPSA) is 52.0 Å². The van der Waals surface area contributed by atoms with E-state index in [4.69, 9.17) is 11.5 Å². The van der Waals surface area contributed by atoms with E-state index in [-0.39, 0.29) is 0 Å². The molecule has 4 heteroatoms. The van der Waals surface area contributed by atoms with E-state index in [1.165, 1.54) is 40.5 Å². The van der Waals surface area contributed by atoms with Crippen LogP contribution in [0.5, 0.6) is 0 Å². The van der Waals surface area contributed by atoms with Crippen LogP contribution in [0.1, 0.15) is 61.1 Å². The Morgan fingerprint density at radius 2 is 0.960 bits per heavy atom. The highest BCUT2D eigenvalue weighted by molar-refractivity contribution is 14.1. The van der Waals surface area contributed by atoms with Crippen LogP contribution in [-0.4, -0.2) is 0 Å². The Labute approximate surface area is 179 Å². The summed E-state index contributed by atoms with van der Waals surface area (Å²) in [6, 6.07) is 4.36. The van der Waals surface area contributed by atoms with Crippen LogP contribution in [0, 0.1) is 7.14 Å². The third-order valence-corrected chi connectivity index (χ3v) is 7.54. The first-order valence-electron chi connectivity index (χ1n) is 9.06. The first-order chi connectivity index (χ1) is 11.9. The fourth-order valence-electron chi connectivity index (χ4n) is 3.82. The van der Waals surface area contributed by atoms with Gasteiger partial charge in [0.1, 0.15) is 0 Å². The Morgan fingerprint density at radius 1 is 0.640 bits per heavy atom. The zero-order valence-corrected chi connectivity index (χ0v) is 19.9. The van der Waals surface area contributed by atoms with E-state index in [2.05, 4.69) is 85.0 Å². The van der Waals surface area contributed by atoms with Crippen molar-refractivity contribution < 1.29 is 0 Å². The number of benzene rings is 2. The number of nitrogens with two attached hydrogens (primary N) is 2. The smallest absolute Gasteiger partial charge is 0.0455 e. The molecule has 0 radical (unpaired) electrons. The Hall–Kier alpha value is -0.500. The zero-order chi connectivity index (χ0) is 18.7. The molecule has 0 aromatic heterocycles. The molecule has 0 bridgehead atoms. The lowest BCUT2D eigenvalue weighted by molar-refractivity contribution is 0.958. The third-order valence-electron chi connectivity index (χ3n) is 5.00. The molecule has 4 N–H and O–H groups in total. The van der Waals surface area contributed by atoms with E-state index in [0.717, 1.165) is 43.5 Å². The molecule has 0 heterocycles. The van der Waals surface area contributed by atoms with Crippen LogP contribution < -0.4 is 11.5 Å². The van der Waals surface area contributed by atoms with Gasteiger partial charge in [0.15, 0.2) is 0 Å². The van der Waals surface area contributed by atoms with Gasteiger partial charge in [0.2, 0.25) is 0 Å². The fourth-order valence-corrected chi connectivity index (χ4v) is 5.54. The highest BCUT2D eigenvalue weighted by Gasteiger charge is 2.17. The molecule has 0 aliphatic heterocycles. The van der Waals surface area contributed by atoms with Crippen molar-refractivity contribution >= 4 is 56.6 Å². The van der Waals surface area contributed by atoms with Crippen molar-refractivity contribution in [2.24, 2.45) is 0 Å². The summed E-state index contributed by atoms with van der Waals surface area (Å²) < 4.78 is 2.43. The minimum atomic E-state index is 0.900. The maximum Gasteiger partial charge on any atom is 0.0455 e. The molecule has 0 aliphatic rings. The SMILES string of the molecule is CCc1c(Cc2cc(N)c(I)c(CC)c2CC)cc(N)c(I)c1CC. The van der Waals surface area contributed by atoms with Gasteiger partial charge in [0.25, 0.3) is 0 Å². The molecule has 0 saturated carbocycles. The maximum atomic E-state index is 6.32. The van der Waals surface area contributed by atoms with Crippen LogP contribution in [0.3, 0.4) is 0 Å². The summed E-state index contributed by atoms with van der Waals surface area (Å²) in [6.45, 7) is 8.92. The molecule has 2 aromatic rings. The summed E-state index contributed by atoms with van der Waals surface area (Å²) in [5.41, 5.74) is 22.9. The van der Waals surface area contributed by atoms with Crippen LogP contribution in [0.2, 0.25) is 0 Å². The van der Waals surface area contributed by atoms with Gasteiger partial charge in [-0.25, -0.2) is 0 Å². The summed E-state index contributed by atoms with van der Waals surface area (Å²) in [6.07, 6.45) is 5.03. The number of halogens is 2. The van der Waals surface area contributed by atoms with E-state index < -0.39 is 0 Å². The van der Waals surface area contributed by atoms with Gasteiger partial charge in [0.05, 0.1) is 0 Å². The Bertz CT molecular complexity index is 717. The predicted octanol–water partition coefficient (Wildman–Crippen LogP) is 5.90. The van der Waals surface area contributed by atoms with Gasteiger partial charge < -0.3 is 11.5 Å². The molecule has 2 aromatic carbocycles. The average Bonchev–Trinajstić information content (AvgIpc) is 2.60. The first kappa shape index (κ1) is 20.8. The van der Waals surface area contributed by atoms with E-state index in [0.29, 0.717) is 0 Å². The minimum absolute atomic E-state index is 0.900. The Balaban J connectivity index is 2.65. The first-order valence-corrected chi connectivity index (χ1v) is 11.2. The van der Waals surface area contributed by atoms with Gasteiger partial charge in [0, 0.05) is 18.5 Å². The molecule has 0 fully saturated rings. The van der Waals surface area contributed by atoms with Gasteiger partial charge in [-0.2, -0.15) is 0 Å². The zero-order valence-electron chi connectivity index (χ0n) is 15.6. The molecule has 25 heavy (non-hydrogen) atoms. The molecule has 0 unspecified atom stereocenters. The highest BCUT2D eigenvalue weighted by Crippen LogP contribution is 2.33. The van der Waals surface area contributed by atoms with Crippen LogP contribution in [-0.2, 0) is 32.1 Å². The minimum Gasteiger partial charge on any atom is -0.398 e. The second-order valence-electron chi connectivity index (χ2n) is 6.38. The Kier molecular flexibility index (Phi) is 7.43. The van der Waals surface area contributed by atoms with Crippen molar-refractivity contribution in [1.82, 2.24) is 0 Å². The van der Waals surface area contributed by atoms with Crippen molar-refractivity contribution in [3.05, 3.63) is 52.7 Å². The molecule has 0 spiro atoms. The largest absolute Gasteiger partial charge is 0.398 e. The molecular formula is C21H28I2N2. The summed E-state index contributed by atoms with van der Waals surface area (Å²) in [4.78, 5) is 0. The maximum absolute atomic E-state index is 6.32. The summed E-state index contributed by atoms with van der Waals surface area (Å²) in [7, 11) is 0. The van der Waals surface area contributed by atoms with Gasteiger partial charge in [-0.1, -0.05) is 27.7 Å². The number of hydrogen-bond donors (Lipinski definition) is 2. The number of rotatable bonds is 6. The molecule has 2 nitrogen and oxygen atoms in total. The molecule has 0 amide bonds. The molecular weight excluding hydrogens is 534 g/mol. The third kappa shape index (κ3) is 4.10. The van der Waals surface area contributed by atoms with Crippen molar-refractivity contribution in [3.8, 4) is 0 Å². The van der Waals surface area contributed by atoms with E-state index in [9.17, 15) is 0 Å². The molecule has 2 rings (SSSR count). The van der Waals surface area contributed by atoms with Crippen LogP contribution >= 0.6 is 45.2 Å². The van der Waals surface area contributed by atoms with Crippen LogP contribution in [0.4, 0.5) is 11.4 Å². The van der Waals surface area contributed by atoms with Crippen molar-refractivity contribution in [1.29, 1.82) is 0 Å². The lowest BCUT2D eigenvalue weighted by atomic mass is 9.88. The molecule has 0 saturated heterocycles. The summed E-state index contributed by atoms with van der Waals surface area (Å²) in [5, 5.41) is 0. The van der Waals surface area contributed by atoms with Crippen LogP contribution in [0.15, 0.2) is 12.1 Å². The molecule has 0 atom stereocenters. The highest BCUT2D eigenvalue weighted by atomic mass is 127. The van der Waals surface area contributed by atoms with Crippen molar-refractivity contribution in [2.45, 2.75) is 59.8 Å². The average molecular weight is 562 g/mol. The van der Waals surface area contributed by atoms with E-state index >= 15 is 0 Å². The second-order valence-corrected chi connectivity index (χ2v) is 8.54. The van der Waals surface area contributed by atoms with Gasteiger partial charge in [-0.05, 0) is 123 Å². The molecule has 0 aliphatic carbocycles. The fraction of sp³-hybridized carbons (Fsp3) is 0.429. The molecule has 136 valence electrons. The predicted molar refractivity (Wildman–Crippen MR) is 127 cm³/mol. The summed E-state index contributed by atoms with van der Waals surface area (Å²) in [5.74, 6) is 0. The van der Waals surface area contributed by atoms with Crippen molar-refractivity contribution in [2.75, 3.05) is 11.5 Å². The normalized spacial score (nSPS) is 11.1. The standard InChI is InChI=1S/C21H28I2N2/c1-5-14-12(10-18(24)20(22)16(14)7-3)9-13-11-19(25)21(23)17(8-4)15(13)6-2/h10-11H,5-9,24-25H2,1-4H3. The van der Waals surface area contributed by atoms with Crippen LogP contribution in [0.25, 0.3) is 0 Å². The van der Waals surface area contributed by atoms with Gasteiger partial charge >= 0.3 is 0 Å². The lowest BCUT2D eigenvalue weighted by Crippen LogP contribution is -2.09. The van der Waals surface area contributed by atoms with Gasteiger partial charge in [-0.3, -0.25) is 0 Å². The number of nitrogen functional groups attached to an aromatic ring is 2. The summed E-state index contributed by atoms with van der Waals surface area (Å²) >= 11 is 4.78. The quantitative estimate of drug-likeness (QED) is 0.341. The number of hydrogen-bond acceptors (Lipinski definition) is 2. The second kappa shape index (κ2) is 8.93. The Morgan fingerprint density at radius 3 is 1.24 bits per heavy atom. The number of anilines is 2. The van der Waals surface area contributed by atoms with E-state index in [1.54, 1.807) is 0 Å². The van der Waals surface area contributed by atoms with E-state index in [1.807, 2.05) is 0 Å².